The van der Waals surface area contributed by atoms with Crippen molar-refractivity contribution in [1.82, 2.24) is 10.3 Å². The fourth-order valence-electron chi connectivity index (χ4n) is 8.56. The van der Waals surface area contributed by atoms with E-state index in [4.69, 9.17) is 5.10 Å². The number of fused-ring (bicyclic) bond motifs is 5. The van der Waals surface area contributed by atoms with E-state index in [0.717, 1.165) is 37.1 Å². The lowest BCUT2D eigenvalue weighted by Crippen LogP contribution is -2.60. The quantitative estimate of drug-likeness (QED) is 0.470. The molecule has 5 atom stereocenters. The lowest BCUT2D eigenvalue weighted by Gasteiger charge is -2.51. The summed E-state index contributed by atoms with van der Waals surface area (Å²) in [6.45, 7) is 0.789. The van der Waals surface area contributed by atoms with Crippen LogP contribution in [-0.2, 0) is 10.3 Å². The normalized spacial score (nSPS) is 30.1. The van der Waals surface area contributed by atoms with E-state index in [9.17, 15) is 4.79 Å². The van der Waals surface area contributed by atoms with Crippen LogP contribution in [0.2, 0.25) is 0 Å². The molecule has 1 saturated heterocycles. The number of nitrogens with zero attached hydrogens (tertiary/aromatic N) is 4. The molecule has 2 N–H and O–H groups in total. The van der Waals surface area contributed by atoms with Crippen molar-refractivity contribution in [2.24, 2.45) is 16.4 Å². The van der Waals surface area contributed by atoms with Crippen molar-refractivity contribution in [3.05, 3.63) is 89.5 Å². The number of benzene rings is 3. The minimum atomic E-state index is -0.822. The maximum atomic E-state index is 14.5. The van der Waals surface area contributed by atoms with E-state index in [1.807, 2.05) is 12.1 Å². The Morgan fingerprint density at radius 3 is 2.17 bits per heavy atom. The Hall–Kier alpha value is -3.84. The lowest BCUT2D eigenvalue weighted by molar-refractivity contribution is -0.129. The molecule has 1 amide bonds. The molecule has 3 aromatic rings. The summed E-state index contributed by atoms with van der Waals surface area (Å²) in [5, 5.41) is 8.53. The van der Waals surface area contributed by atoms with Gasteiger partial charge >= 0.3 is 0 Å². The van der Waals surface area contributed by atoms with E-state index >= 15 is 0 Å². The van der Waals surface area contributed by atoms with E-state index in [2.05, 4.69) is 121 Å². The predicted molar refractivity (Wildman–Crippen MR) is 167 cm³/mol. The summed E-state index contributed by atoms with van der Waals surface area (Å²) in [6.07, 6.45) is 3.03. The lowest BCUT2D eigenvalue weighted by atomic mass is 9.51. The van der Waals surface area contributed by atoms with Gasteiger partial charge in [0.2, 0.25) is 0 Å². The third-order valence-corrected chi connectivity index (χ3v) is 10.4. The van der Waals surface area contributed by atoms with Gasteiger partial charge in [0.15, 0.2) is 0 Å². The highest BCUT2D eigenvalue weighted by molar-refractivity contribution is 6.12. The number of hydrogen-bond acceptors (Lipinski definition) is 6. The molecule has 7 rings (SSSR count). The molecular weight excluding hydrogens is 508 g/mol. The predicted octanol–water partition coefficient (Wildman–Crippen LogP) is 5.18. The van der Waals surface area contributed by atoms with Crippen LogP contribution in [0.1, 0.15) is 47.9 Å². The smallest absolute Gasteiger partial charge is 0.250 e. The van der Waals surface area contributed by atoms with Crippen molar-refractivity contribution in [1.29, 1.82) is 0 Å². The van der Waals surface area contributed by atoms with E-state index < -0.39 is 11.0 Å². The number of anilines is 3. The Morgan fingerprint density at radius 2 is 1.51 bits per heavy atom. The van der Waals surface area contributed by atoms with E-state index in [0.29, 0.717) is 0 Å². The second kappa shape index (κ2) is 9.35. The Labute approximate surface area is 243 Å². The van der Waals surface area contributed by atoms with Gasteiger partial charge in [-0.1, -0.05) is 48.9 Å². The standard InChI is InChI=1S/C34H40N6O/c1-38(2)24-16-12-22(13-17-24)28-21-40(5)34(27-10-6-7-11-29(27)35-32(34)41)33(28)20-8-9-26-30(36-37-31(26)33)23-14-18-25(19-15-23)39(3)4/h6-7,10-19,26,28,30,36H,8-9,20-21H2,1-5H3,(H,35,41)/t26?,28-,30?,33+,34+/m0/s1. The first-order valence-corrected chi connectivity index (χ1v) is 14.8. The first kappa shape index (κ1) is 26.1. The van der Waals surface area contributed by atoms with Gasteiger partial charge in [0.1, 0.15) is 5.54 Å². The highest BCUT2D eigenvalue weighted by Gasteiger charge is 2.74. The Bertz CT molecular complexity index is 1510. The summed E-state index contributed by atoms with van der Waals surface area (Å²) in [4.78, 5) is 21.1. The van der Waals surface area contributed by atoms with Crippen LogP contribution in [0.25, 0.3) is 0 Å². The third-order valence-electron chi connectivity index (χ3n) is 10.4. The topological polar surface area (TPSA) is 63.2 Å². The molecule has 7 nitrogen and oxygen atoms in total. The molecule has 0 aromatic heterocycles. The molecule has 2 spiro atoms. The molecule has 7 heteroatoms. The van der Waals surface area contributed by atoms with Crippen LogP contribution in [-0.4, -0.2) is 58.3 Å². The highest BCUT2D eigenvalue weighted by atomic mass is 16.2. The number of rotatable bonds is 4. The van der Waals surface area contributed by atoms with Crippen molar-refractivity contribution >= 4 is 28.7 Å². The van der Waals surface area contributed by atoms with Crippen LogP contribution in [0.4, 0.5) is 17.1 Å². The molecule has 4 aliphatic rings. The molecule has 2 fully saturated rings. The Morgan fingerprint density at radius 1 is 0.878 bits per heavy atom. The number of hydrazone groups is 1. The van der Waals surface area contributed by atoms with Crippen LogP contribution in [0.3, 0.4) is 0 Å². The van der Waals surface area contributed by atoms with Gasteiger partial charge in [-0.2, -0.15) is 5.10 Å². The van der Waals surface area contributed by atoms with Crippen LogP contribution < -0.4 is 20.5 Å². The van der Waals surface area contributed by atoms with Gasteiger partial charge in [-0.3, -0.25) is 9.69 Å². The maximum Gasteiger partial charge on any atom is 0.250 e. The van der Waals surface area contributed by atoms with Crippen LogP contribution in [0, 0.1) is 11.3 Å². The Balaban J connectivity index is 1.39. The second-order valence-electron chi connectivity index (χ2n) is 12.7. The van der Waals surface area contributed by atoms with Crippen molar-refractivity contribution in [3.63, 3.8) is 0 Å². The molecule has 41 heavy (non-hydrogen) atoms. The SMILES string of the molecule is CN(C)c1ccc(C2NN=C3C2CCC[C@@]32[C@H](c3ccc(N(C)C)cc3)CN(C)[C@]23C(=O)Nc2ccccc23)cc1. The number of carbonyl (C=O) groups is 1. The van der Waals surface area contributed by atoms with Crippen LogP contribution in [0.5, 0.6) is 0 Å². The van der Waals surface area contributed by atoms with Gasteiger partial charge in [-0.05, 0) is 61.3 Å². The first-order valence-electron chi connectivity index (χ1n) is 14.8. The molecular formula is C34H40N6O. The number of amides is 1. The summed E-state index contributed by atoms with van der Waals surface area (Å²) in [7, 11) is 10.4. The zero-order valence-corrected chi connectivity index (χ0v) is 24.7. The molecule has 3 aromatic carbocycles. The second-order valence-corrected chi connectivity index (χ2v) is 12.7. The Kier molecular flexibility index (Phi) is 5.95. The molecule has 3 heterocycles. The minimum Gasteiger partial charge on any atom is -0.378 e. The van der Waals surface area contributed by atoms with Crippen molar-refractivity contribution in [3.8, 4) is 0 Å². The number of carbonyl (C=O) groups excluding carboxylic acids is 1. The fraction of sp³-hybridized carbons (Fsp3) is 0.412. The average molecular weight is 549 g/mol. The zero-order valence-electron chi connectivity index (χ0n) is 24.7. The largest absolute Gasteiger partial charge is 0.378 e. The van der Waals surface area contributed by atoms with Crippen molar-refractivity contribution in [2.45, 2.75) is 36.8 Å². The summed E-state index contributed by atoms with van der Waals surface area (Å²) in [5.41, 5.74) is 10.4. The van der Waals surface area contributed by atoms with Crippen LogP contribution >= 0.6 is 0 Å². The van der Waals surface area contributed by atoms with Gasteiger partial charge in [-0.25, -0.2) is 0 Å². The van der Waals surface area contributed by atoms with E-state index in [1.165, 1.54) is 28.2 Å². The number of likely N-dealkylation sites (N-methyl/N-ethyl adjacent to an activating group) is 1. The van der Waals surface area contributed by atoms with Gasteiger partial charge in [0.25, 0.3) is 5.91 Å². The summed E-state index contributed by atoms with van der Waals surface area (Å²) < 4.78 is 0. The van der Waals surface area contributed by atoms with Crippen molar-refractivity contribution in [2.75, 3.05) is 56.9 Å². The van der Waals surface area contributed by atoms with Gasteiger partial charge in [0, 0.05) is 69.2 Å². The molecule has 0 bridgehead atoms. The number of likely N-dealkylation sites (tertiary alicyclic amines) is 1. The number of hydrogen-bond donors (Lipinski definition) is 2. The summed E-state index contributed by atoms with van der Waals surface area (Å²) >= 11 is 0. The minimum absolute atomic E-state index is 0.0794. The zero-order chi connectivity index (χ0) is 28.5. The summed E-state index contributed by atoms with van der Waals surface area (Å²) in [6, 6.07) is 26.2. The van der Waals surface area contributed by atoms with Crippen molar-refractivity contribution < 1.29 is 4.79 Å². The van der Waals surface area contributed by atoms with Gasteiger partial charge < -0.3 is 20.5 Å². The number of nitrogens with one attached hydrogen (secondary N) is 2. The molecule has 2 unspecified atom stereocenters. The maximum absolute atomic E-state index is 14.5. The number of para-hydroxylation sites is 1. The van der Waals surface area contributed by atoms with E-state index in [-0.39, 0.29) is 23.8 Å². The molecule has 212 valence electrons. The summed E-state index contributed by atoms with van der Waals surface area (Å²) in [5.74, 6) is 0.427. The van der Waals surface area contributed by atoms with Crippen LogP contribution in [0.15, 0.2) is 77.9 Å². The average Bonchev–Trinajstić information content (AvgIpc) is 3.62. The monoisotopic (exact) mass is 548 g/mol. The van der Waals surface area contributed by atoms with Gasteiger partial charge in [0.05, 0.1) is 17.2 Å². The molecule has 0 radical (unpaired) electrons. The highest BCUT2D eigenvalue weighted by Crippen LogP contribution is 2.67. The third kappa shape index (κ3) is 3.48. The molecule has 3 aliphatic heterocycles. The van der Waals surface area contributed by atoms with E-state index in [1.54, 1.807) is 0 Å². The first-order chi connectivity index (χ1) is 19.8. The fourth-order valence-corrected chi connectivity index (χ4v) is 8.56. The van der Waals surface area contributed by atoms with Gasteiger partial charge in [-0.15, -0.1) is 0 Å². The molecule has 1 aliphatic carbocycles. The molecule has 1 saturated carbocycles.